The van der Waals surface area contributed by atoms with Gasteiger partial charge in [-0.25, -0.2) is 0 Å². The smallest absolute Gasteiger partial charge is 0.159 e. The zero-order valence-electron chi connectivity index (χ0n) is 10.9. The number of ketones is 1. The van der Waals surface area contributed by atoms with Crippen LogP contribution in [-0.4, -0.2) is 5.78 Å². The second-order valence-electron chi connectivity index (χ2n) is 7.28. The highest BCUT2D eigenvalue weighted by molar-refractivity contribution is 5.98. The van der Waals surface area contributed by atoms with E-state index < -0.39 is 0 Å². The predicted molar refractivity (Wildman–Crippen MR) is 65.0 cm³/mol. The summed E-state index contributed by atoms with van der Waals surface area (Å²) < 4.78 is 0. The van der Waals surface area contributed by atoms with E-state index in [2.05, 4.69) is 27.7 Å². The van der Waals surface area contributed by atoms with Gasteiger partial charge >= 0.3 is 0 Å². The minimum Gasteiger partial charge on any atom is -0.295 e. The van der Waals surface area contributed by atoms with Crippen LogP contribution in [0, 0.1) is 22.7 Å². The van der Waals surface area contributed by atoms with E-state index in [0.717, 1.165) is 24.3 Å². The van der Waals surface area contributed by atoms with Gasteiger partial charge in [0.05, 0.1) is 0 Å². The molecule has 3 rings (SSSR count). The maximum Gasteiger partial charge on any atom is 0.159 e. The Labute approximate surface area is 98.3 Å². The molecule has 0 amide bonds. The Morgan fingerprint density at radius 2 is 1.88 bits per heavy atom. The molecule has 0 aromatic heterocycles. The maximum atomic E-state index is 11.9. The lowest BCUT2D eigenvalue weighted by Gasteiger charge is -2.25. The van der Waals surface area contributed by atoms with Crippen LogP contribution in [0.15, 0.2) is 11.1 Å². The van der Waals surface area contributed by atoms with Gasteiger partial charge in [0, 0.05) is 6.42 Å². The van der Waals surface area contributed by atoms with Crippen molar-refractivity contribution >= 4 is 5.78 Å². The monoisotopic (exact) mass is 218 g/mol. The molecule has 0 saturated heterocycles. The van der Waals surface area contributed by atoms with Crippen LogP contribution in [0.5, 0.6) is 0 Å². The molecular formula is C15H22O. The SMILES string of the molecule is CC1=C2CC(C)(C)C[C@H]3C[C@@]3(C)[C@@H]2CC1=O. The first-order chi connectivity index (χ1) is 7.33. The number of carbonyl (C=O) groups is 1. The van der Waals surface area contributed by atoms with Crippen molar-refractivity contribution in [3.8, 4) is 0 Å². The van der Waals surface area contributed by atoms with E-state index in [4.69, 9.17) is 0 Å². The molecule has 0 heterocycles. The molecule has 1 heteroatoms. The predicted octanol–water partition coefficient (Wildman–Crippen LogP) is 3.74. The topological polar surface area (TPSA) is 17.1 Å². The summed E-state index contributed by atoms with van der Waals surface area (Å²) >= 11 is 0. The van der Waals surface area contributed by atoms with E-state index in [1.165, 1.54) is 18.4 Å². The Bertz CT molecular complexity index is 402. The number of carbonyl (C=O) groups excluding carboxylic acids is 1. The molecule has 0 aromatic carbocycles. The first kappa shape index (κ1) is 10.6. The van der Waals surface area contributed by atoms with Crippen LogP contribution in [0.4, 0.5) is 0 Å². The second-order valence-corrected chi connectivity index (χ2v) is 7.28. The van der Waals surface area contributed by atoms with E-state index in [1.807, 2.05) is 0 Å². The van der Waals surface area contributed by atoms with Gasteiger partial charge in [0.2, 0.25) is 0 Å². The summed E-state index contributed by atoms with van der Waals surface area (Å²) in [5.74, 6) is 1.89. The quantitative estimate of drug-likeness (QED) is 0.605. The molecule has 0 unspecified atom stereocenters. The van der Waals surface area contributed by atoms with Crippen molar-refractivity contribution in [2.75, 3.05) is 0 Å². The van der Waals surface area contributed by atoms with Crippen molar-refractivity contribution in [1.29, 1.82) is 0 Å². The number of rotatable bonds is 0. The molecule has 3 aliphatic rings. The van der Waals surface area contributed by atoms with Crippen LogP contribution in [0.2, 0.25) is 0 Å². The van der Waals surface area contributed by atoms with E-state index in [0.29, 0.717) is 22.5 Å². The number of hydrogen-bond donors (Lipinski definition) is 0. The summed E-state index contributed by atoms with van der Waals surface area (Å²) in [4.78, 5) is 11.9. The van der Waals surface area contributed by atoms with Crippen LogP contribution < -0.4 is 0 Å². The van der Waals surface area contributed by atoms with E-state index in [1.54, 1.807) is 0 Å². The molecule has 0 bridgehead atoms. The van der Waals surface area contributed by atoms with Crippen LogP contribution in [0.25, 0.3) is 0 Å². The standard InChI is InChI=1S/C15H22O/c1-9-11-8-14(2,3)6-10-7-15(10,4)12(11)5-13(9)16/h10,12H,5-8H2,1-4H3/t10-,12+,15+/m0/s1. The third-order valence-electron chi connectivity index (χ3n) is 5.43. The molecule has 0 N–H and O–H groups in total. The Kier molecular flexibility index (Phi) is 1.85. The number of allylic oxidation sites excluding steroid dienone is 2. The van der Waals surface area contributed by atoms with Crippen LogP contribution in [0.3, 0.4) is 0 Å². The molecule has 2 saturated carbocycles. The lowest BCUT2D eigenvalue weighted by atomic mass is 9.79. The first-order valence-electron chi connectivity index (χ1n) is 6.56. The fourth-order valence-corrected chi connectivity index (χ4v) is 4.25. The molecule has 0 spiro atoms. The summed E-state index contributed by atoms with van der Waals surface area (Å²) in [5, 5.41) is 0. The summed E-state index contributed by atoms with van der Waals surface area (Å²) in [5.41, 5.74) is 3.49. The van der Waals surface area contributed by atoms with Gasteiger partial charge in [0.15, 0.2) is 5.78 Å². The summed E-state index contributed by atoms with van der Waals surface area (Å²) in [6.07, 6.45) is 4.67. The zero-order chi connectivity index (χ0) is 11.7. The molecule has 0 aromatic rings. The van der Waals surface area contributed by atoms with Gasteiger partial charge < -0.3 is 0 Å². The fourth-order valence-electron chi connectivity index (χ4n) is 4.25. The Balaban J connectivity index is 2.06. The molecular weight excluding hydrogens is 196 g/mol. The van der Waals surface area contributed by atoms with Gasteiger partial charge in [-0.15, -0.1) is 0 Å². The third-order valence-corrected chi connectivity index (χ3v) is 5.43. The van der Waals surface area contributed by atoms with Crippen molar-refractivity contribution in [3.05, 3.63) is 11.1 Å². The highest BCUT2D eigenvalue weighted by Gasteiger charge is 2.60. The Morgan fingerprint density at radius 1 is 1.19 bits per heavy atom. The highest BCUT2D eigenvalue weighted by Crippen LogP contribution is 2.68. The van der Waals surface area contributed by atoms with Crippen LogP contribution in [-0.2, 0) is 4.79 Å². The van der Waals surface area contributed by atoms with Gasteiger partial charge in [-0.05, 0) is 54.4 Å². The minimum atomic E-state index is 0.401. The molecule has 0 aliphatic heterocycles. The fraction of sp³-hybridized carbons (Fsp3) is 0.800. The van der Waals surface area contributed by atoms with Crippen molar-refractivity contribution in [1.82, 2.24) is 0 Å². The largest absolute Gasteiger partial charge is 0.295 e. The molecule has 2 fully saturated rings. The Morgan fingerprint density at radius 3 is 2.56 bits per heavy atom. The first-order valence-corrected chi connectivity index (χ1v) is 6.56. The zero-order valence-corrected chi connectivity index (χ0v) is 10.9. The molecule has 1 nitrogen and oxygen atoms in total. The van der Waals surface area contributed by atoms with Gasteiger partial charge in [-0.1, -0.05) is 26.3 Å². The van der Waals surface area contributed by atoms with Crippen LogP contribution >= 0.6 is 0 Å². The minimum absolute atomic E-state index is 0.401. The van der Waals surface area contributed by atoms with Gasteiger partial charge in [-0.2, -0.15) is 0 Å². The molecule has 88 valence electrons. The third kappa shape index (κ3) is 1.26. The van der Waals surface area contributed by atoms with Crippen molar-refractivity contribution in [2.45, 2.75) is 53.4 Å². The molecule has 0 radical (unpaired) electrons. The van der Waals surface area contributed by atoms with Crippen molar-refractivity contribution < 1.29 is 4.79 Å². The average molecular weight is 218 g/mol. The number of hydrogen-bond acceptors (Lipinski definition) is 1. The average Bonchev–Trinajstić information content (AvgIpc) is 2.72. The lowest BCUT2D eigenvalue weighted by molar-refractivity contribution is -0.115. The summed E-state index contributed by atoms with van der Waals surface area (Å²) in [7, 11) is 0. The maximum absolute atomic E-state index is 11.9. The summed E-state index contributed by atoms with van der Waals surface area (Å²) in [6.45, 7) is 9.21. The molecule has 3 aliphatic carbocycles. The normalized spacial score (nSPS) is 45.1. The van der Waals surface area contributed by atoms with E-state index in [9.17, 15) is 4.79 Å². The van der Waals surface area contributed by atoms with Gasteiger partial charge in [0.1, 0.15) is 0 Å². The van der Waals surface area contributed by atoms with Gasteiger partial charge in [-0.3, -0.25) is 4.79 Å². The van der Waals surface area contributed by atoms with Crippen LogP contribution in [0.1, 0.15) is 53.4 Å². The lowest BCUT2D eigenvalue weighted by Crippen LogP contribution is -2.14. The second kappa shape index (κ2) is 2.80. The van der Waals surface area contributed by atoms with Crippen molar-refractivity contribution in [2.24, 2.45) is 22.7 Å². The number of fused-ring (bicyclic) bond motifs is 3. The number of Topliss-reactive ketones (excluding diaryl/α,β-unsaturated/α-hetero) is 1. The Hall–Kier alpha value is -0.590. The van der Waals surface area contributed by atoms with Gasteiger partial charge in [0.25, 0.3) is 0 Å². The summed E-state index contributed by atoms with van der Waals surface area (Å²) in [6, 6.07) is 0. The van der Waals surface area contributed by atoms with E-state index >= 15 is 0 Å². The van der Waals surface area contributed by atoms with E-state index in [-0.39, 0.29) is 0 Å². The molecule has 3 atom stereocenters. The highest BCUT2D eigenvalue weighted by atomic mass is 16.1. The van der Waals surface area contributed by atoms with Crippen molar-refractivity contribution in [3.63, 3.8) is 0 Å². The molecule has 16 heavy (non-hydrogen) atoms.